The second-order valence-corrected chi connectivity index (χ2v) is 8.28. The molecule has 1 N–H and O–H groups in total. The summed E-state index contributed by atoms with van der Waals surface area (Å²) in [6.07, 6.45) is -3.94. The Morgan fingerprint density at radius 2 is 1.87 bits per heavy atom. The van der Waals surface area contributed by atoms with Gasteiger partial charge in [-0.2, -0.15) is 13.2 Å². The molecule has 0 bridgehead atoms. The van der Waals surface area contributed by atoms with E-state index in [4.69, 9.17) is 11.6 Å². The number of hydrogen-bond donors (Lipinski definition) is 1. The van der Waals surface area contributed by atoms with Crippen molar-refractivity contribution in [1.82, 2.24) is 0 Å². The van der Waals surface area contributed by atoms with Crippen LogP contribution in [0.5, 0.6) is 0 Å². The minimum Gasteiger partial charge on any atom is -0.325 e. The normalized spacial score (nSPS) is 18.6. The fourth-order valence-corrected chi connectivity index (χ4v) is 4.23. The number of halogens is 4. The highest BCUT2D eigenvalue weighted by Gasteiger charge is 2.34. The Labute approximate surface area is 136 Å². The zero-order valence-electron chi connectivity index (χ0n) is 12.0. The van der Waals surface area contributed by atoms with Gasteiger partial charge in [0, 0.05) is 11.4 Å². The van der Waals surface area contributed by atoms with Crippen LogP contribution in [-0.4, -0.2) is 25.8 Å². The second kappa shape index (κ2) is 6.68. The molecule has 1 saturated heterocycles. The van der Waals surface area contributed by atoms with Crippen LogP contribution in [0.15, 0.2) is 18.2 Å². The van der Waals surface area contributed by atoms with Crippen molar-refractivity contribution in [2.24, 2.45) is 5.92 Å². The summed E-state index contributed by atoms with van der Waals surface area (Å²) in [4.78, 5) is 11.9. The largest absolute Gasteiger partial charge is 0.418 e. The van der Waals surface area contributed by atoms with E-state index in [0.717, 1.165) is 12.1 Å². The van der Waals surface area contributed by atoms with Crippen LogP contribution in [0.25, 0.3) is 0 Å². The standard InChI is InChI=1S/C14H15ClF3NO3S/c15-10-1-2-12(11(8-10)14(16,17)18)19-13(20)7-9-3-5-23(21,22)6-4-9/h1-2,8-9H,3-7H2,(H,19,20). The van der Waals surface area contributed by atoms with Gasteiger partial charge in [-0.05, 0) is 37.0 Å². The summed E-state index contributed by atoms with van der Waals surface area (Å²) in [6, 6.07) is 3.12. The molecule has 9 heteroatoms. The zero-order chi connectivity index (χ0) is 17.3. The van der Waals surface area contributed by atoms with Gasteiger partial charge in [0.05, 0.1) is 22.8 Å². The van der Waals surface area contributed by atoms with Crippen molar-refractivity contribution in [3.8, 4) is 0 Å². The lowest BCUT2D eigenvalue weighted by molar-refractivity contribution is -0.137. The topological polar surface area (TPSA) is 63.2 Å². The van der Waals surface area contributed by atoms with Crippen LogP contribution in [0, 0.1) is 5.92 Å². The lowest BCUT2D eigenvalue weighted by Gasteiger charge is -2.21. The summed E-state index contributed by atoms with van der Waals surface area (Å²) in [5, 5.41) is 2.17. The highest BCUT2D eigenvalue weighted by atomic mass is 35.5. The van der Waals surface area contributed by atoms with Gasteiger partial charge < -0.3 is 5.32 Å². The third-order valence-electron chi connectivity index (χ3n) is 3.71. The minimum atomic E-state index is -4.63. The predicted octanol–water partition coefficient (Wildman–Crippen LogP) is 3.51. The van der Waals surface area contributed by atoms with E-state index in [0.29, 0.717) is 12.8 Å². The summed E-state index contributed by atoms with van der Waals surface area (Å²) in [5.74, 6) is -0.679. The van der Waals surface area contributed by atoms with Crippen LogP contribution in [-0.2, 0) is 20.8 Å². The maximum absolute atomic E-state index is 12.9. The maximum Gasteiger partial charge on any atom is 0.418 e. The van der Waals surface area contributed by atoms with E-state index in [1.54, 1.807) is 0 Å². The van der Waals surface area contributed by atoms with Gasteiger partial charge in [-0.15, -0.1) is 0 Å². The highest BCUT2D eigenvalue weighted by molar-refractivity contribution is 7.91. The molecule has 0 atom stereocenters. The quantitative estimate of drug-likeness (QED) is 0.886. The van der Waals surface area contributed by atoms with Crippen LogP contribution < -0.4 is 5.32 Å². The van der Waals surface area contributed by atoms with E-state index in [-0.39, 0.29) is 34.6 Å². The number of sulfone groups is 1. The first-order valence-electron chi connectivity index (χ1n) is 6.94. The monoisotopic (exact) mass is 369 g/mol. The van der Waals surface area contributed by atoms with Crippen molar-refractivity contribution in [2.75, 3.05) is 16.8 Å². The van der Waals surface area contributed by atoms with E-state index in [9.17, 15) is 26.4 Å². The lowest BCUT2D eigenvalue weighted by atomic mass is 9.98. The second-order valence-electron chi connectivity index (χ2n) is 5.54. The van der Waals surface area contributed by atoms with Crippen molar-refractivity contribution < 1.29 is 26.4 Å². The zero-order valence-corrected chi connectivity index (χ0v) is 13.6. The molecule has 0 radical (unpaired) electrons. The van der Waals surface area contributed by atoms with Crippen molar-refractivity contribution in [3.05, 3.63) is 28.8 Å². The summed E-state index contributed by atoms with van der Waals surface area (Å²) in [7, 11) is -3.04. The van der Waals surface area contributed by atoms with Crippen LogP contribution in [0.1, 0.15) is 24.8 Å². The Kier molecular flexibility index (Phi) is 5.25. The number of rotatable bonds is 3. The van der Waals surface area contributed by atoms with Gasteiger partial charge in [-0.3, -0.25) is 4.79 Å². The first-order chi connectivity index (χ1) is 10.6. The first-order valence-corrected chi connectivity index (χ1v) is 9.14. The van der Waals surface area contributed by atoms with Gasteiger partial charge in [0.15, 0.2) is 0 Å². The van der Waals surface area contributed by atoms with Crippen LogP contribution >= 0.6 is 11.6 Å². The number of nitrogens with one attached hydrogen (secondary N) is 1. The molecule has 128 valence electrons. The van der Waals surface area contributed by atoms with Gasteiger partial charge in [0.2, 0.25) is 5.91 Å². The highest BCUT2D eigenvalue weighted by Crippen LogP contribution is 2.36. The van der Waals surface area contributed by atoms with Gasteiger partial charge in [0.25, 0.3) is 0 Å². The average Bonchev–Trinajstić information content (AvgIpc) is 2.42. The number of alkyl halides is 3. The number of amides is 1. The Morgan fingerprint density at radius 3 is 2.43 bits per heavy atom. The number of carbonyl (C=O) groups is 1. The molecule has 0 spiro atoms. The summed E-state index contributed by atoms with van der Waals surface area (Å²) < 4.78 is 61.5. The van der Waals surface area contributed by atoms with Crippen molar-refractivity contribution >= 4 is 33.0 Å². The molecule has 1 aliphatic rings. The van der Waals surface area contributed by atoms with E-state index in [1.165, 1.54) is 6.07 Å². The minimum absolute atomic E-state index is 0.00452. The van der Waals surface area contributed by atoms with Crippen molar-refractivity contribution in [3.63, 3.8) is 0 Å². The Hall–Kier alpha value is -1.28. The Bertz CT molecular complexity index is 690. The van der Waals surface area contributed by atoms with E-state index < -0.39 is 27.5 Å². The molecule has 1 aromatic carbocycles. The number of benzene rings is 1. The Balaban J connectivity index is 2.04. The van der Waals surface area contributed by atoms with Crippen molar-refractivity contribution in [2.45, 2.75) is 25.4 Å². The molecule has 23 heavy (non-hydrogen) atoms. The van der Waals surface area contributed by atoms with E-state index in [2.05, 4.69) is 5.32 Å². The smallest absolute Gasteiger partial charge is 0.325 e. The molecule has 1 aromatic rings. The fraction of sp³-hybridized carbons (Fsp3) is 0.500. The molecule has 0 saturated carbocycles. The summed E-state index contributed by atoms with van der Waals surface area (Å²) in [6.45, 7) is 0. The first kappa shape index (κ1) is 18.1. The lowest BCUT2D eigenvalue weighted by Crippen LogP contribution is -2.27. The molecule has 2 rings (SSSR count). The number of carbonyl (C=O) groups excluding carboxylic acids is 1. The third kappa shape index (κ3) is 5.10. The number of anilines is 1. The van der Waals surface area contributed by atoms with Crippen LogP contribution in [0.2, 0.25) is 5.02 Å². The molecular weight excluding hydrogens is 355 g/mol. The molecule has 4 nitrogen and oxygen atoms in total. The molecule has 0 aliphatic carbocycles. The van der Waals surface area contributed by atoms with Gasteiger partial charge in [0.1, 0.15) is 9.84 Å². The van der Waals surface area contributed by atoms with Crippen LogP contribution in [0.4, 0.5) is 18.9 Å². The van der Waals surface area contributed by atoms with Crippen LogP contribution in [0.3, 0.4) is 0 Å². The number of hydrogen-bond acceptors (Lipinski definition) is 3. The maximum atomic E-state index is 12.9. The predicted molar refractivity (Wildman–Crippen MR) is 81.1 cm³/mol. The molecule has 1 fully saturated rings. The third-order valence-corrected chi connectivity index (χ3v) is 5.66. The molecule has 1 aliphatic heterocycles. The Morgan fingerprint density at radius 1 is 1.26 bits per heavy atom. The summed E-state index contributed by atoms with van der Waals surface area (Å²) in [5.41, 5.74) is -1.36. The van der Waals surface area contributed by atoms with Crippen molar-refractivity contribution in [1.29, 1.82) is 0 Å². The van der Waals surface area contributed by atoms with Gasteiger partial charge >= 0.3 is 6.18 Å². The molecule has 0 unspecified atom stereocenters. The van der Waals surface area contributed by atoms with Gasteiger partial charge in [-0.1, -0.05) is 11.6 Å². The molecule has 1 heterocycles. The molecule has 0 aromatic heterocycles. The SMILES string of the molecule is O=C(CC1CCS(=O)(=O)CC1)Nc1ccc(Cl)cc1C(F)(F)F. The van der Waals surface area contributed by atoms with E-state index >= 15 is 0 Å². The van der Waals surface area contributed by atoms with E-state index in [1.807, 2.05) is 0 Å². The van der Waals surface area contributed by atoms with Gasteiger partial charge in [-0.25, -0.2) is 8.42 Å². The fourth-order valence-electron chi connectivity index (χ4n) is 2.47. The molecule has 1 amide bonds. The molecular formula is C14H15ClF3NO3S. The average molecular weight is 370 g/mol. The summed E-state index contributed by atoms with van der Waals surface area (Å²) >= 11 is 5.57.